The van der Waals surface area contributed by atoms with E-state index < -0.39 is 0 Å². The average molecular weight is 240 g/mol. The Labute approximate surface area is 102 Å². The van der Waals surface area contributed by atoms with Gasteiger partial charge in [0.2, 0.25) is 0 Å². The molecule has 0 saturated heterocycles. The van der Waals surface area contributed by atoms with Gasteiger partial charge in [-0.2, -0.15) is 0 Å². The Morgan fingerprint density at radius 3 is 2.59 bits per heavy atom. The summed E-state index contributed by atoms with van der Waals surface area (Å²) in [7, 11) is 5.47. The van der Waals surface area contributed by atoms with Crippen LogP contribution in [0.2, 0.25) is 0 Å². The van der Waals surface area contributed by atoms with Crippen LogP contribution in [0.5, 0.6) is 5.75 Å². The molecule has 3 nitrogen and oxygen atoms in total. The maximum absolute atomic E-state index is 13.6. The molecular formula is C13H21FN2O. The summed E-state index contributed by atoms with van der Waals surface area (Å²) < 4.78 is 18.5. The van der Waals surface area contributed by atoms with Crippen LogP contribution in [0.3, 0.4) is 0 Å². The zero-order valence-electron chi connectivity index (χ0n) is 10.7. The molecule has 0 aromatic heterocycles. The van der Waals surface area contributed by atoms with E-state index in [0.717, 1.165) is 18.5 Å². The molecule has 1 aromatic rings. The first-order valence-electron chi connectivity index (χ1n) is 5.76. The van der Waals surface area contributed by atoms with Crippen molar-refractivity contribution in [1.29, 1.82) is 0 Å². The molecule has 0 heterocycles. The van der Waals surface area contributed by atoms with Gasteiger partial charge in [0.1, 0.15) is 0 Å². The summed E-state index contributed by atoms with van der Waals surface area (Å²) in [5.41, 5.74) is 6.57. The Balaban J connectivity index is 2.89. The lowest BCUT2D eigenvalue weighted by molar-refractivity contribution is 0.362. The number of methoxy groups -OCH3 is 1. The van der Waals surface area contributed by atoms with E-state index in [4.69, 9.17) is 10.5 Å². The molecule has 1 aromatic carbocycles. The molecule has 1 rings (SSSR count). The molecule has 0 radical (unpaired) electrons. The van der Waals surface area contributed by atoms with Gasteiger partial charge in [0.15, 0.2) is 11.6 Å². The first-order chi connectivity index (χ1) is 8.08. The van der Waals surface area contributed by atoms with E-state index in [1.54, 1.807) is 12.1 Å². The van der Waals surface area contributed by atoms with Crippen molar-refractivity contribution in [2.75, 3.05) is 34.3 Å². The molecule has 0 saturated carbocycles. The molecule has 2 N–H and O–H groups in total. The molecule has 0 amide bonds. The normalized spacial score (nSPS) is 12.8. The maximum Gasteiger partial charge on any atom is 0.165 e. The molecular weight excluding hydrogens is 219 g/mol. The van der Waals surface area contributed by atoms with E-state index in [1.165, 1.54) is 7.11 Å². The highest BCUT2D eigenvalue weighted by Crippen LogP contribution is 2.25. The van der Waals surface area contributed by atoms with Crippen molar-refractivity contribution in [2.24, 2.45) is 5.73 Å². The number of hydrogen-bond donors (Lipinski definition) is 1. The number of hydrogen-bond acceptors (Lipinski definition) is 3. The van der Waals surface area contributed by atoms with Crippen LogP contribution in [0.25, 0.3) is 0 Å². The number of ether oxygens (including phenoxy) is 1. The van der Waals surface area contributed by atoms with Crippen LogP contribution in [0.15, 0.2) is 18.2 Å². The first kappa shape index (κ1) is 13.9. The van der Waals surface area contributed by atoms with Crippen LogP contribution in [-0.2, 0) is 0 Å². The van der Waals surface area contributed by atoms with E-state index in [9.17, 15) is 4.39 Å². The van der Waals surface area contributed by atoms with Crippen molar-refractivity contribution < 1.29 is 9.13 Å². The van der Waals surface area contributed by atoms with E-state index in [2.05, 4.69) is 4.90 Å². The lowest BCUT2D eigenvalue weighted by Gasteiger charge is -2.21. The van der Waals surface area contributed by atoms with Gasteiger partial charge in [-0.05, 0) is 50.7 Å². The Bertz CT molecular complexity index is 355. The highest BCUT2D eigenvalue weighted by atomic mass is 19.1. The van der Waals surface area contributed by atoms with Gasteiger partial charge in [0, 0.05) is 6.54 Å². The fraction of sp³-hybridized carbons (Fsp3) is 0.538. The predicted octanol–water partition coefficient (Wildman–Crippen LogP) is 1.83. The highest BCUT2D eigenvalue weighted by Gasteiger charge is 2.14. The van der Waals surface area contributed by atoms with Crippen molar-refractivity contribution in [2.45, 2.75) is 12.3 Å². The highest BCUT2D eigenvalue weighted by molar-refractivity contribution is 5.31. The van der Waals surface area contributed by atoms with Crippen molar-refractivity contribution >= 4 is 0 Å². The minimum atomic E-state index is -0.314. The lowest BCUT2D eigenvalue weighted by atomic mass is 9.95. The van der Waals surface area contributed by atoms with Crippen molar-refractivity contribution in [1.82, 2.24) is 4.90 Å². The minimum absolute atomic E-state index is 0.260. The number of rotatable bonds is 6. The topological polar surface area (TPSA) is 38.5 Å². The van der Waals surface area contributed by atoms with Crippen LogP contribution in [-0.4, -0.2) is 39.2 Å². The number of halogens is 1. The second kappa shape index (κ2) is 6.57. The van der Waals surface area contributed by atoms with Crippen LogP contribution >= 0.6 is 0 Å². The summed E-state index contributed by atoms with van der Waals surface area (Å²) in [6.07, 6.45) is 0.851. The van der Waals surface area contributed by atoms with Gasteiger partial charge >= 0.3 is 0 Å². The first-order valence-corrected chi connectivity index (χ1v) is 5.76. The summed E-state index contributed by atoms with van der Waals surface area (Å²) in [6.45, 7) is 1.47. The molecule has 1 unspecified atom stereocenters. The summed E-state index contributed by atoms with van der Waals surface area (Å²) in [4.78, 5) is 2.09. The largest absolute Gasteiger partial charge is 0.494 e. The Kier molecular flexibility index (Phi) is 5.38. The molecule has 0 spiro atoms. The summed E-state index contributed by atoms with van der Waals surface area (Å²) in [5.74, 6) is 0.228. The number of benzene rings is 1. The number of likely N-dealkylation sites (N-methyl/N-ethyl adjacent to an activating group) is 1. The van der Waals surface area contributed by atoms with Gasteiger partial charge in [-0.25, -0.2) is 4.39 Å². The van der Waals surface area contributed by atoms with Crippen molar-refractivity contribution in [3.05, 3.63) is 29.6 Å². The minimum Gasteiger partial charge on any atom is -0.494 e. The molecule has 0 fully saturated rings. The van der Waals surface area contributed by atoms with E-state index in [0.29, 0.717) is 6.54 Å². The smallest absolute Gasteiger partial charge is 0.165 e. The van der Waals surface area contributed by atoms with Gasteiger partial charge in [0.25, 0.3) is 0 Å². The molecule has 4 heteroatoms. The molecule has 0 aliphatic heterocycles. The zero-order valence-corrected chi connectivity index (χ0v) is 10.7. The summed E-state index contributed by atoms with van der Waals surface area (Å²) >= 11 is 0. The van der Waals surface area contributed by atoms with Crippen molar-refractivity contribution in [3.63, 3.8) is 0 Å². The van der Waals surface area contributed by atoms with Crippen LogP contribution in [0.4, 0.5) is 4.39 Å². The zero-order chi connectivity index (χ0) is 12.8. The fourth-order valence-corrected chi connectivity index (χ4v) is 1.94. The van der Waals surface area contributed by atoms with Gasteiger partial charge in [0.05, 0.1) is 7.11 Å². The SMILES string of the molecule is COc1ccc(C(CCN)CN(C)C)cc1F. The van der Waals surface area contributed by atoms with Gasteiger partial charge in [-0.1, -0.05) is 6.07 Å². The maximum atomic E-state index is 13.6. The van der Waals surface area contributed by atoms with Crippen LogP contribution < -0.4 is 10.5 Å². The van der Waals surface area contributed by atoms with E-state index in [1.807, 2.05) is 20.2 Å². The molecule has 0 aliphatic carbocycles. The standard InChI is InChI=1S/C13H21FN2O/c1-16(2)9-11(6-7-15)10-4-5-13(17-3)12(14)8-10/h4-5,8,11H,6-7,9,15H2,1-3H3. The second-order valence-corrected chi connectivity index (χ2v) is 4.43. The van der Waals surface area contributed by atoms with Gasteiger partial charge in [-0.3, -0.25) is 0 Å². The third-order valence-electron chi connectivity index (χ3n) is 2.75. The Morgan fingerprint density at radius 1 is 1.41 bits per heavy atom. The molecule has 1 atom stereocenters. The van der Waals surface area contributed by atoms with E-state index in [-0.39, 0.29) is 17.5 Å². The van der Waals surface area contributed by atoms with E-state index >= 15 is 0 Å². The van der Waals surface area contributed by atoms with Crippen LogP contribution in [0, 0.1) is 5.82 Å². The quantitative estimate of drug-likeness (QED) is 0.824. The fourth-order valence-electron chi connectivity index (χ4n) is 1.94. The summed E-state index contributed by atoms with van der Waals surface area (Å²) in [6, 6.07) is 5.12. The lowest BCUT2D eigenvalue weighted by Crippen LogP contribution is -2.22. The molecule has 17 heavy (non-hydrogen) atoms. The Hall–Kier alpha value is -1.13. The van der Waals surface area contributed by atoms with Gasteiger partial charge < -0.3 is 15.4 Å². The second-order valence-electron chi connectivity index (χ2n) is 4.43. The third kappa shape index (κ3) is 3.98. The van der Waals surface area contributed by atoms with Gasteiger partial charge in [-0.15, -0.1) is 0 Å². The third-order valence-corrected chi connectivity index (χ3v) is 2.75. The molecule has 96 valence electrons. The number of nitrogens with two attached hydrogens (primary N) is 1. The predicted molar refractivity (Wildman–Crippen MR) is 67.9 cm³/mol. The van der Waals surface area contributed by atoms with Crippen molar-refractivity contribution in [3.8, 4) is 5.75 Å². The van der Waals surface area contributed by atoms with Crippen LogP contribution in [0.1, 0.15) is 17.9 Å². The molecule has 0 bridgehead atoms. The Morgan fingerprint density at radius 2 is 2.12 bits per heavy atom. The average Bonchev–Trinajstić information content (AvgIpc) is 2.28. The molecule has 0 aliphatic rings. The summed E-state index contributed by atoms with van der Waals surface area (Å²) in [5, 5.41) is 0. The monoisotopic (exact) mass is 240 g/mol. The number of nitrogens with zero attached hydrogens (tertiary/aromatic N) is 1.